The summed E-state index contributed by atoms with van der Waals surface area (Å²) in [5.74, 6) is 0. The maximum Gasteiger partial charge on any atom is 0.244 e. The Morgan fingerprint density at radius 1 is 1.24 bits per heavy atom. The van der Waals surface area contributed by atoms with Crippen molar-refractivity contribution in [3.05, 3.63) is 16.3 Å². The van der Waals surface area contributed by atoms with Gasteiger partial charge in [0.2, 0.25) is 10.0 Å². The average Bonchev–Trinajstić information content (AvgIpc) is 2.94. The number of ether oxygens (including phenoxy) is 2. The molecule has 1 rings (SSSR count). The molecule has 0 aromatic carbocycles. The van der Waals surface area contributed by atoms with Crippen molar-refractivity contribution >= 4 is 21.4 Å². The predicted molar refractivity (Wildman–Crippen MR) is 84.2 cm³/mol. The van der Waals surface area contributed by atoms with Crippen molar-refractivity contribution in [1.82, 2.24) is 9.62 Å². The number of thiophene rings is 1. The summed E-state index contributed by atoms with van der Waals surface area (Å²) >= 11 is 1.45. The van der Waals surface area contributed by atoms with E-state index >= 15 is 0 Å². The second-order valence-corrected chi connectivity index (χ2v) is 7.29. The predicted octanol–water partition coefficient (Wildman–Crippen LogP) is 1.14. The Morgan fingerprint density at radius 2 is 1.86 bits per heavy atom. The zero-order valence-corrected chi connectivity index (χ0v) is 14.4. The zero-order chi connectivity index (χ0) is 15.7. The number of hydrogen-bond donors (Lipinski definition) is 1. The van der Waals surface area contributed by atoms with E-state index < -0.39 is 10.0 Å². The summed E-state index contributed by atoms with van der Waals surface area (Å²) in [7, 11) is -0.404. The molecule has 1 heterocycles. The summed E-state index contributed by atoms with van der Waals surface area (Å²) in [5, 5.41) is 4.98. The highest BCUT2D eigenvalue weighted by Crippen LogP contribution is 2.25. The van der Waals surface area contributed by atoms with Gasteiger partial charge >= 0.3 is 0 Å². The zero-order valence-electron chi connectivity index (χ0n) is 12.8. The van der Waals surface area contributed by atoms with Crippen molar-refractivity contribution < 1.29 is 17.9 Å². The molecule has 0 radical (unpaired) electrons. The molecule has 0 spiro atoms. The van der Waals surface area contributed by atoms with Gasteiger partial charge in [0.1, 0.15) is 0 Å². The van der Waals surface area contributed by atoms with Crippen molar-refractivity contribution in [1.29, 1.82) is 0 Å². The molecule has 0 atom stereocenters. The van der Waals surface area contributed by atoms with Gasteiger partial charge in [-0.15, -0.1) is 11.3 Å². The van der Waals surface area contributed by atoms with Gasteiger partial charge in [0.25, 0.3) is 0 Å². The fourth-order valence-corrected chi connectivity index (χ4v) is 4.60. The number of nitrogens with zero attached hydrogens (tertiary/aromatic N) is 1. The number of rotatable bonds is 11. The fraction of sp³-hybridized carbons (Fsp3) is 0.692. The Morgan fingerprint density at radius 3 is 2.38 bits per heavy atom. The van der Waals surface area contributed by atoms with Crippen LogP contribution in [0.15, 0.2) is 16.3 Å². The van der Waals surface area contributed by atoms with E-state index in [4.69, 9.17) is 9.47 Å². The normalized spacial score (nSPS) is 12.2. The smallest absolute Gasteiger partial charge is 0.244 e. The Hall–Kier alpha value is -0.510. The summed E-state index contributed by atoms with van der Waals surface area (Å²) in [5.41, 5.74) is 0. The molecule has 6 nitrogen and oxygen atoms in total. The maximum atomic E-state index is 12.8. The fourth-order valence-electron chi connectivity index (χ4n) is 1.80. The second-order valence-electron chi connectivity index (χ2n) is 4.38. The molecule has 122 valence electrons. The van der Waals surface area contributed by atoms with Crippen molar-refractivity contribution in [3.8, 4) is 0 Å². The topological polar surface area (TPSA) is 67.9 Å². The van der Waals surface area contributed by atoms with Crippen LogP contribution in [0.3, 0.4) is 0 Å². The van der Waals surface area contributed by atoms with Gasteiger partial charge in [0.05, 0.1) is 18.1 Å². The lowest BCUT2D eigenvalue weighted by Gasteiger charge is -2.21. The molecule has 0 fully saturated rings. The summed E-state index contributed by atoms with van der Waals surface area (Å²) in [6, 6.07) is 1.67. The molecule has 0 unspecified atom stereocenters. The Kier molecular flexibility index (Phi) is 8.38. The molecule has 8 heteroatoms. The van der Waals surface area contributed by atoms with E-state index in [0.29, 0.717) is 37.7 Å². The van der Waals surface area contributed by atoms with E-state index in [1.54, 1.807) is 20.3 Å². The van der Waals surface area contributed by atoms with Crippen LogP contribution in [0.25, 0.3) is 0 Å². The van der Waals surface area contributed by atoms with Crippen molar-refractivity contribution in [3.63, 3.8) is 0 Å². The highest BCUT2D eigenvalue weighted by atomic mass is 32.2. The van der Waals surface area contributed by atoms with Gasteiger partial charge in [-0.25, -0.2) is 8.42 Å². The number of nitrogens with one attached hydrogen (secondary N) is 1. The van der Waals surface area contributed by atoms with E-state index in [-0.39, 0.29) is 0 Å². The van der Waals surface area contributed by atoms with E-state index in [0.717, 1.165) is 11.4 Å². The molecule has 0 amide bonds. The minimum Gasteiger partial charge on any atom is -0.383 e. The number of methoxy groups -OCH3 is 2. The van der Waals surface area contributed by atoms with E-state index in [1.807, 2.05) is 12.3 Å². The van der Waals surface area contributed by atoms with Crippen LogP contribution in [0.1, 0.15) is 11.8 Å². The third-order valence-corrected chi connectivity index (χ3v) is 5.98. The van der Waals surface area contributed by atoms with Gasteiger partial charge in [0.15, 0.2) is 0 Å². The molecular formula is C13H24N2O4S2. The molecular weight excluding hydrogens is 312 g/mol. The highest BCUT2D eigenvalue weighted by Gasteiger charge is 2.27. The quantitative estimate of drug-likeness (QED) is 0.656. The van der Waals surface area contributed by atoms with Gasteiger partial charge in [-0.3, -0.25) is 0 Å². The first kappa shape index (κ1) is 18.5. The van der Waals surface area contributed by atoms with Gasteiger partial charge in [-0.2, -0.15) is 4.31 Å². The molecule has 0 bridgehead atoms. The minimum atomic E-state index is -3.52. The molecule has 0 aliphatic rings. The minimum absolute atomic E-state index is 0.318. The monoisotopic (exact) mass is 336 g/mol. The average molecular weight is 336 g/mol. The summed E-state index contributed by atoms with van der Waals surface area (Å²) in [6.45, 7) is 4.70. The van der Waals surface area contributed by atoms with E-state index in [1.165, 1.54) is 15.6 Å². The van der Waals surface area contributed by atoms with Gasteiger partial charge in [0, 0.05) is 38.7 Å². The Balaban J connectivity index is 2.95. The van der Waals surface area contributed by atoms with Gasteiger partial charge in [-0.05, 0) is 18.0 Å². The van der Waals surface area contributed by atoms with Crippen LogP contribution in [0.5, 0.6) is 0 Å². The summed E-state index contributed by atoms with van der Waals surface area (Å²) < 4.78 is 37.0. The molecule has 1 N–H and O–H groups in total. The van der Waals surface area contributed by atoms with Gasteiger partial charge < -0.3 is 14.8 Å². The summed E-state index contributed by atoms with van der Waals surface area (Å²) in [4.78, 5) is 1.21. The van der Waals surface area contributed by atoms with Gasteiger partial charge in [-0.1, -0.05) is 6.92 Å². The lowest BCUT2D eigenvalue weighted by Crippen LogP contribution is -2.36. The molecule has 21 heavy (non-hydrogen) atoms. The van der Waals surface area contributed by atoms with E-state index in [2.05, 4.69) is 5.32 Å². The van der Waals surface area contributed by atoms with Crippen molar-refractivity contribution in [2.24, 2.45) is 0 Å². The van der Waals surface area contributed by atoms with Crippen LogP contribution >= 0.6 is 11.3 Å². The lowest BCUT2D eigenvalue weighted by atomic mass is 10.4. The molecule has 1 aromatic heterocycles. The van der Waals surface area contributed by atoms with E-state index in [9.17, 15) is 8.42 Å². The standard InChI is InChI=1S/C13H24N2O4S2/c1-4-14-11-12-13(5-10-20-12)21(16,17)15(6-8-18-2)7-9-19-3/h5,10,14H,4,6-9,11H2,1-3H3. The van der Waals surface area contributed by atoms with Crippen LogP contribution in [0.2, 0.25) is 0 Å². The number of hydrogen-bond acceptors (Lipinski definition) is 6. The van der Waals surface area contributed by atoms with Crippen LogP contribution in [-0.2, 0) is 26.0 Å². The second kappa shape index (κ2) is 9.50. The first-order valence-corrected chi connectivity index (χ1v) is 9.15. The van der Waals surface area contributed by atoms with Crippen LogP contribution in [-0.4, -0.2) is 59.8 Å². The van der Waals surface area contributed by atoms with Crippen molar-refractivity contribution in [2.45, 2.75) is 18.4 Å². The molecule has 0 saturated carbocycles. The first-order chi connectivity index (χ1) is 10.1. The third-order valence-electron chi connectivity index (χ3n) is 2.95. The molecule has 0 saturated heterocycles. The van der Waals surface area contributed by atoms with Crippen LogP contribution < -0.4 is 5.32 Å². The Bertz CT molecular complexity index is 494. The first-order valence-electron chi connectivity index (χ1n) is 6.83. The lowest BCUT2D eigenvalue weighted by molar-refractivity contribution is 0.150. The SMILES string of the molecule is CCNCc1sccc1S(=O)(=O)N(CCOC)CCOC. The maximum absolute atomic E-state index is 12.8. The third kappa shape index (κ3) is 5.32. The van der Waals surface area contributed by atoms with Crippen LogP contribution in [0, 0.1) is 0 Å². The molecule has 0 aliphatic heterocycles. The highest BCUT2D eigenvalue weighted by molar-refractivity contribution is 7.89. The molecule has 1 aromatic rings. The Labute approximate surface area is 131 Å². The molecule has 0 aliphatic carbocycles. The number of sulfonamides is 1. The van der Waals surface area contributed by atoms with Crippen LogP contribution in [0.4, 0.5) is 0 Å². The largest absolute Gasteiger partial charge is 0.383 e. The van der Waals surface area contributed by atoms with Crippen molar-refractivity contribution in [2.75, 3.05) is 47.1 Å². The summed E-state index contributed by atoms with van der Waals surface area (Å²) in [6.07, 6.45) is 0.